The minimum Gasteiger partial charge on any atom is -0.467 e. The summed E-state index contributed by atoms with van der Waals surface area (Å²) in [5, 5.41) is 22.4. The average molecular weight is 310 g/mol. The molecular weight excluding hydrogens is 292 g/mol. The van der Waals surface area contributed by atoms with Crippen LogP contribution in [0.3, 0.4) is 0 Å². The second kappa shape index (κ2) is 6.65. The standard InChI is InChI=1S/C17H18N4O2/c1-12(7-15(22)16-3-2-6-23-16)19-9-14-10-20-17-5-4-13(8-18)11-21(14)17/h2-6,10-12,15,19,22H,7,9H2,1H3. The summed E-state index contributed by atoms with van der Waals surface area (Å²) in [5.41, 5.74) is 2.37. The summed E-state index contributed by atoms with van der Waals surface area (Å²) >= 11 is 0. The lowest BCUT2D eigenvalue weighted by Crippen LogP contribution is -2.27. The van der Waals surface area contributed by atoms with E-state index in [0.717, 1.165) is 11.3 Å². The Morgan fingerprint density at radius 1 is 1.43 bits per heavy atom. The lowest BCUT2D eigenvalue weighted by Gasteiger charge is -2.16. The van der Waals surface area contributed by atoms with E-state index in [1.165, 1.54) is 0 Å². The Hall–Kier alpha value is -2.62. The summed E-state index contributed by atoms with van der Waals surface area (Å²) in [6.07, 6.45) is 5.05. The van der Waals surface area contributed by atoms with Crippen LogP contribution in [0.2, 0.25) is 0 Å². The van der Waals surface area contributed by atoms with Crippen molar-refractivity contribution < 1.29 is 9.52 Å². The van der Waals surface area contributed by atoms with Crippen LogP contribution in [0.4, 0.5) is 0 Å². The Morgan fingerprint density at radius 3 is 3.04 bits per heavy atom. The first-order valence-electron chi connectivity index (χ1n) is 7.48. The van der Waals surface area contributed by atoms with Crippen LogP contribution in [0.25, 0.3) is 5.65 Å². The largest absolute Gasteiger partial charge is 0.467 e. The molecule has 3 aromatic heterocycles. The van der Waals surface area contributed by atoms with Crippen molar-refractivity contribution in [2.24, 2.45) is 0 Å². The highest BCUT2D eigenvalue weighted by atomic mass is 16.4. The predicted molar refractivity (Wildman–Crippen MR) is 84.5 cm³/mol. The van der Waals surface area contributed by atoms with E-state index in [9.17, 15) is 5.11 Å². The lowest BCUT2D eigenvalue weighted by atomic mass is 10.1. The molecule has 2 atom stereocenters. The summed E-state index contributed by atoms with van der Waals surface area (Å²) in [7, 11) is 0. The molecule has 0 bridgehead atoms. The third-order valence-electron chi connectivity index (χ3n) is 3.79. The maximum atomic E-state index is 10.1. The molecule has 6 heteroatoms. The maximum Gasteiger partial charge on any atom is 0.137 e. The number of nitriles is 1. The number of hydrogen-bond acceptors (Lipinski definition) is 5. The number of nitrogens with one attached hydrogen (secondary N) is 1. The molecule has 0 aromatic carbocycles. The molecule has 0 fully saturated rings. The lowest BCUT2D eigenvalue weighted by molar-refractivity contribution is 0.128. The van der Waals surface area contributed by atoms with Crippen molar-refractivity contribution in [1.29, 1.82) is 5.26 Å². The molecule has 0 radical (unpaired) electrons. The molecule has 6 nitrogen and oxygen atoms in total. The van der Waals surface area contributed by atoms with Crippen LogP contribution in [0.5, 0.6) is 0 Å². The molecule has 2 N–H and O–H groups in total. The van der Waals surface area contributed by atoms with Crippen molar-refractivity contribution in [1.82, 2.24) is 14.7 Å². The van der Waals surface area contributed by atoms with Crippen LogP contribution in [0.15, 0.2) is 47.3 Å². The van der Waals surface area contributed by atoms with Gasteiger partial charge in [0.1, 0.15) is 23.6 Å². The Balaban J connectivity index is 1.63. The van der Waals surface area contributed by atoms with Gasteiger partial charge in [-0.05, 0) is 37.6 Å². The van der Waals surface area contributed by atoms with Gasteiger partial charge in [-0.15, -0.1) is 0 Å². The molecule has 3 rings (SSSR count). The maximum absolute atomic E-state index is 10.1. The van der Waals surface area contributed by atoms with Crippen molar-refractivity contribution in [2.45, 2.75) is 32.0 Å². The molecule has 3 aromatic rings. The van der Waals surface area contributed by atoms with E-state index in [2.05, 4.69) is 16.4 Å². The van der Waals surface area contributed by atoms with Crippen molar-refractivity contribution in [3.8, 4) is 6.07 Å². The van der Waals surface area contributed by atoms with Gasteiger partial charge in [0.15, 0.2) is 0 Å². The number of nitrogens with zero attached hydrogens (tertiary/aromatic N) is 3. The van der Waals surface area contributed by atoms with E-state index in [-0.39, 0.29) is 6.04 Å². The number of furan rings is 1. The van der Waals surface area contributed by atoms with Crippen molar-refractivity contribution in [3.63, 3.8) is 0 Å². The second-order valence-corrected chi connectivity index (χ2v) is 5.56. The first kappa shape index (κ1) is 15.3. The van der Waals surface area contributed by atoms with Gasteiger partial charge >= 0.3 is 0 Å². The van der Waals surface area contributed by atoms with Crippen LogP contribution in [-0.2, 0) is 6.54 Å². The molecule has 2 unspecified atom stereocenters. The zero-order valence-corrected chi connectivity index (χ0v) is 12.8. The number of aromatic nitrogens is 2. The highest BCUT2D eigenvalue weighted by molar-refractivity contribution is 5.44. The number of rotatable bonds is 6. The molecule has 0 aliphatic carbocycles. The van der Waals surface area contributed by atoms with Crippen molar-refractivity contribution in [3.05, 3.63) is 59.9 Å². The molecule has 0 saturated carbocycles. The van der Waals surface area contributed by atoms with Crippen LogP contribution in [0.1, 0.15) is 36.5 Å². The van der Waals surface area contributed by atoms with Crippen LogP contribution < -0.4 is 5.32 Å². The molecule has 23 heavy (non-hydrogen) atoms. The third-order valence-corrected chi connectivity index (χ3v) is 3.79. The molecule has 0 aliphatic heterocycles. The Kier molecular flexibility index (Phi) is 4.42. The molecule has 0 amide bonds. The van der Waals surface area contributed by atoms with Crippen LogP contribution >= 0.6 is 0 Å². The van der Waals surface area contributed by atoms with Gasteiger partial charge in [-0.25, -0.2) is 4.98 Å². The number of aliphatic hydroxyl groups is 1. The average Bonchev–Trinajstić information content (AvgIpc) is 3.22. The van der Waals surface area contributed by atoms with Gasteiger partial charge in [0.25, 0.3) is 0 Å². The zero-order chi connectivity index (χ0) is 16.2. The van der Waals surface area contributed by atoms with Gasteiger partial charge in [-0.1, -0.05) is 0 Å². The fraction of sp³-hybridized carbons (Fsp3) is 0.294. The highest BCUT2D eigenvalue weighted by Gasteiger charge is 2.15. The van der Waals surface area contributed by atoms with E-state index in [1.54, 1.807) is 36.9 Å². The SMILES string of the molecule is CC(CC(O)c1ccco1)NCc1cnc2ccc(C#N)cn12. The smallest absolute Gasteiger partial charge is 0.137 e. The summed E-state index contributed by atoms with van der Waals surface area (Å²) in [6.45, 7) is 2.61. The topological polar surface area (TPSA) is 86.5 Å². The molecule has 0 saturated heterocycles. The second-order valence-electron chi connectivity index (χ2n) is 5.56. The fourth-order valence-electron chi connectivity index (χ4n) is 2.52. The third kappa shape index (κ3) is 3.42. The Labute approximate surface area is 134 Å². The summed E-state index contributed by atoms with van der Waals surface area (Å²) in [6, 6.07) is 9.34. The Bertz CT molecular complexity index is 817. The Morgan fingerprint density at radius 2 is 2.30 bits per heavy atom. The number of imidazole rings is 1. The van der Waals surface area contributed by atoms with Crippen LogP contribution in [-0.4, -0.2) is 20.5 Å². The van der Waals surface area contributed by atoms with Gasteiger partial charge in [0.05, 0.1) is 23.7 Å². The number of hydrogen-bond donors (Lipinski definition) is 2. The van der Waals surface area contributed by atoms with Gasteiger partial charge in [0, 0.05) is 18.8 Å². The van der Waals surface area contributed by atoms with Crippen molar-refractivity contribution in [2.75, 3.05) is 0 Å². The summed E-state index contributed by atoms with van der Waals surface area (Å²) < 4.78 is 7.11. The molecule has 118 valence electrons. The predicted octanol–water partition coefficient (Wildman–Crippen LogP) is 2.40. The minimum absolute atomic E-state index is 0.0970. The van der Waals surface area contributed by atoms with E-state index >= 15 is 0 Å². The van der Waals surface area contributed by atoms with E-state index in [1.807, 2.05) is 17.4 Å². The normalized spacial score (nSPS) is 13.8. The van der Waals surface area contributed by atoms with E-state index < -0.39 is 6.10 Å². The van der Waals surface area contributed by atoms with Crippen molar-refractivity contribution >= 4 is 5.65 Å². The highest BCUT2D eigenvalue weighted by Crippen LogP contribution is 2.18. The molecule has 0 aliphatic rings. The zero-order valence-electron chi connectivity index (χ0n) is 12.8. The quantitative estimate of drug-likeness (QED) is 0.730. The number of pyridine rings is 1. The van der Waals surface area contributed by atoms with E-state index in [4.69, 9.17) is 9.68 Å². The monoisotopic (exact) mass is 310 g/mol. The first-order valence-corrected chi connectivity index (χ1v) is 7.48. The molecular formula is C17H18N4O2. The number of fused-ring (bicyclic) bond motifs is 1. The number of aliphatic hydroxyl groups excluding tert-OH is 1. The van der Waals surface area contributed by atoms with Gasteiger partial charge in [0.2, 0.25) is 0 Å². The van der Waals surface area contributed by atoms with Gasteiger partial charge in [-0.3, -0.25) is 0 Å². The molecule has 0 spiro atoms. The van der Waals surface area contributed by atoms with Gasteiger partial charge < -0.3 is 19.2 Å². The minimum atomic E-state index is -0.625. The van der Waals surface area contributed by atoms with Gasteiger partial charge in [-0.2, -0.15) is 5.26 Å². The fourth-order valence-corrected chi connectivity index (χ4v) is 2.52. The van der Waals surface area contributed by atoms with E-state index in [0.29, 0.717) is 24.3 Å². The van der Waals surface area contributed by atoms with Crippen LogP contribution in [0, 0.1) is 11.3 Å². The first-order chi connectivity index (χ1) is 11.2. The molecule has 3 heterocycles. The summed E-state index contributed by atoms with van der Waals surface area (Å²) in [5.74, 6) is 0.576. The summed E-state index contributed by atoms with van der Waals surface area (Å²) in [4.78, 5) is 4.32.